The van der Waals surface area contributed by atoms with Crippen molar-refractivity contribution in [1.82, 2.24) is 0 Å². The number of alkyl halides is 2. The highest BCUT2D eigenvalue weighted by Crippen LogP contribution is 2.47. The average Bonchev–Trinajstić information content (AvgIpc) is 1.78. The summed E-state index contributed by atoms with van der Waals surface area (Å²) in [7, 11) is -1.53. The van der Waals surface area contributed by atoms with Gasteiger partial charge in [0.25, 0.3) is 0 Å². The van der Waals surface area contributed by atoms with E-state index in [1.165, 1.54) is 0 Å². The number of hydrogen-bond acceptors (Lipinski definition) is 0. The molecule has 1 heterocycles. The Morgan fingerprint density at radius 2 is 1.56 bits per heavy atom. The Balaban J connectivity index is 2.35. The summed E-state index contributed by atoms with van der Waals surface area (Å²) in [5.74, 6) is -2.56. The summed E-state index contributed by atoms with van der Waals surface area (Å²) in [6, 6.07) is 0. The van der Waals surface area contributed by atoms with Crippen LogP contribution in [0, 0.1) is 0 Å². The molecule has 0 unspecified atom stereocenters. The molecule has 0 saturated carbocycles. The molecule has 54 valence electrons. The van der Waals surface area contributed by atoms with Crippen molar-refractivity contribution >= 4 is 8.23 Å². The second-order valence-corrected chi connectivity index (χ2v) is 4.09. The molecule has 1 rings (SSSR count). The standard InChI is InChI=1S/C5H8F3P/c6-5(7)1-3-9(8)4-2-5/h1-4H2. The summed E-state index contributed by atoms with van der Waals surface area (Å²) < 4.78 is 36.7. The molecule has 1 aliphatic heterocycles. The number of hydrogen-bond donors (Lipinski definition) is 0. The second-order valence-electron chi connectivity index (χ2n) is 2.27. The lowest BCUT2D eigenvalue weighted by Crippen LogP contribution is -2.22. The smallest absolute Gasteiger partial charge is 0.227 e. The van der Waals surface area contributed by atoms with Crippen molar-refractivity contribution in [3.05, 3.63) is 0 Å². The maximum absolute atomic E-state index is 12.3. The molecule has 0 aliphatic carbocycles. The quantitative estimate of drug-likeness (QED) is 0.473. The fourth-order valence-electron chi connectivity index (χ4n) is 0.807. The predicted octanol–water partition coefficient (Wildman–Crippen LogP) is 2.78. The van der Waals surface area contributed by atoms with Crippen LogP contribution in [0.2, 0.25) is 0 Å². The lowest BCUT2D eigenvalue weighted by Gasteiger charge is -2.22. The van der Waals surface area contributed by atoms with Gasteiger partial charge in [-0.3, -0.25) is 0 Å². The molecule has 0 atom stereocenters. The molecular weight excluding hydrogens is 148 g/mol. The van der Waals surface area contributed by atoms with Crippen LogP contribution in [0.25, 0.3) is 0 Å². The van der Waals surface area contributed by atoms with Gasteiger partial charge in [0.05, 0.1) is 8.23 Å². The Morgan fingerprint density at radius 1 is 1.11 bits per heavy atom. The molecule has 1 aliphatic rings. The Bertz CT molecular complexity index is 94.4. The summed E-state index contributed by atoms with van der Waals surface area (Å²) in [5.41, 5.74) is 0. The van der Waals surface area contributed by atoms with E-state index in [-0.39, 0.29) is 25.2 Å². The van der Waals surface area contributed by atoms with Crippen LogP contribution in [0.5, 0.6) is 0 Å². The van der Waals surface area contributed by atoms with Gasteiger partial charge in [-0.2, -0.15) is 0 Å². The first kappa shape index (κ1) is 7.33. The third kappa shape index (κ3) is 2.13. The van der Waals surface area contributed by atoms with Gasteiger partial charge in [-0.1, -0.05) is 0 Å². The molecule has 9 heavy (non-hydrogen) atoms. The van der Waals surface area contributed by atoms with E-state index in [2.05, 4.69) is 0 Å². The number of rotatable bonds is 0. The zero-order chi connectivity index (χ0) is 6.91. The van der Waals surface area contributed by atoms with Gasteiger partial charge in [0.2, 0.25) is 5.92 Å². The molecule has 0 radical (unpaired) electrons. The SMILES string of the molecule is FP1CCC(F)(F)CC1. The molecule has 0 aromatic rings. The first-order valence-electron chi connectivity index (χ1n) is 2.89. The molecule has 4 heteroatoms. The van der Waals surface area contributed by atoms with Gasteiger partial charge >= 0.3 is 0 Å². The molecule has 0 N–H and O–H groups in total. The lowest BCUT2D eigenvalue weighted by molar-refractivity contribution is -0.00837. The monoisotopic (exact) mass is 156 g/mol. The van der Waals surface area contributed by atoms with Gasteiger partial charge in [0.1, 0.15) is 0 Å². The molecule has 0 aromatic carbocycles. The molecule has 1 fully saturated rings. The first-order chi connectivity index (χ1) is 4.10. The Hall–Kier alpha value is 0.220. The summed E-state index contributed by atoms with van der Waals surface area (Å²) >= 11 is 0. The summed E-state index contributed by atoms with van der Waals surface area (Å²) in [5, 5.41) is 0. The van der Waals surface area contributed by atoms with Crippen LogP contribution in [-0.2, 0) is 0 Å². The topological polar surface area (TPSA) is 0 Å². The van der Waals surface area contributed by atoms with E-state index in [0.717, 1.165) is 0 Å². The van der Waals surface area contributed by atoms with Gasteiger partial charge in [0, 0.05) is 25.2 Å². The number of halogens is 3. The summed E-state index contributed by atoms with van der Waals surface area (Å²) in [6.45, 7) is 0. The highest BCUT2D eigenvalue weighted by Gasteiger charge is 2.34. The van der Waals surface area contributed by atoms with E-state index in [9.17, 15) is 13.0 Å². The van der Waals surface area contributed by atoms with E-state index in [0.29, 0.717) is 0 Å². The first-order valence-corrected chi connectivity index (χ1v) is 4.49. The third-order valence-electron chi connectivity index (χ3n) is 1.44. The normalized spacial score (nSPS) is 28.3. The van der Waals surface area contributed by atoms with Gasteiger partial charge in [0.15, 0.2) is 0 Å². The van der Waals surface area contributed by atoms with Crippen LogP contribution < -0.4 is 0 Å². The van der Waals surface area contributed by atoms with Crippen LogP contribution in [0.15, 0.2) is 0 Å². The zero-order valence-electron chi connectivity index (χ0n) is 4.91. The van der Waals surface area contributed by atoms with Crippen molar-refractivity contribution in [2.24, 2.45) is 0 Å². The Labute approximate surface area is 53.3 Å². The molecule has 0 amide bonds. The molecule has 0 aromatic heterocycles. The van der Waals surface area contributed by atoms with E-state index < -0.39 is 14.2 Å². The van der Waals surface area contributed by atoms with Crippen LogP contribution in [0.1, 0.15) is 12.8 Å². The molecule has 0 bridgehead atoms. The molecule has 0 spiro atoms. The van der Waals surface area contributed by atoms with E-state index in [1.54, 1.807) is 0 Å². The zero-order valence-corrected chi connectivity index (χ0v) is 5.80. The van der Waals surface area contributed by atoms with E-state index in [1.807, 2.05) is 0 Å². The molecular formula is C5H8F3P. The summed E-state index contributed by atoms with van der Waals surface area (Å²) in [6.07, 6.45) is -0.283. The van der Waals surface area contributed by atoms with Crippen molar-refractivity contribution in [1.29, 1.82) is 0 Å². The van der Waals surface area contributed by atoms with Crippen molar-refractivity contribution in [3.63, 3.8) is 0 Å². The minimum atomic E-state index is -2.56. The van der Waals surface area contributed by atoms with Gasteiger partial charge in [-0.05, 0) is 0 Å². The Morgan fingerprint density at radius 3 is 1.89 bits per heavy atom. The average molecular weight is 156 g/mol. The summed E-state index contributed by atoms with van der Waals surface area (Å²) in [4.78, 5) is 0. The second kappa shape index (κ2) is 2.45. The van der Waals surface area contributed by atoms with Crippen molar-refractivity contribution < 1.29 is 13.0 Å². The van der Waals surface area contributed by atoms with Gasteiger partial charge in [-0.25, -0.2) is 13.0 Å². The van der Waals surface area contributed by atoms with Crippen molar-refractivity contribution in [3.8, 4) is 0 Å². The van der Waals surface area contributed by atoms with Gasteiger partial charge < -0.3 is 0 Å². The molecule has 1 saturated heterocycles. The molecule has 0 nitrogen and oxygen atoms in total. The van der Waals surface area contributed by atoms with Gasteiger partial charge in [-0.15, -0.1) is 0 Å². The minimum absolute atomic E-state index is 0.0995. The fraction of sp³-hybridized carbons (Fsp3) is 1.00. The predicted molar refractivity (Wildman–Crippen MR) is 31.9 cm³/mol. The van der Waals surface area contributed by atoms with E-state index in [4.69, 9.17) is 0 Å². The lowest BCUT2D eigenvalue weighted by atomic mass is 10.2. The maximum Gasteiger partial charge on any atom is 0.249 e. The maximum atomic E-state index is 12.3. The highest BCUT2D eigenvalue weighted by atomic mass is 31.2. The Kier molecular flexibility index (Phi) is 2.00. The van der Waals surface area contributed by atoms with Crippen molar-refractivity contribution in [2.75, 3.05) is 12.3 Å². The highest BCUT2D eigenvalue weighted by molar-refractivity contribution is 7.52. The minimum Gasteiger partial charge on any atom is -0.227 e. The van der Waals surface area contributed by atoms with Crippen molar-refractivity contribution in [2.45, 2.75) is 18.8 Å². The fourth-order valence-corrected chi connectivity index (χ4v) is 2.17. The van der Waals surface area contributed by atoms with Crippen LogP contribution >= 0.6 is 8.23 Å². The van der Waals surface area contributed by atoms with Crippen LogP contribution in [0.3, 0.4) is 0 Å². The largest absolute Gasteiger partial charge is 0.249 e. The van der Waals surface area contributed by atoms with E-state index >= 15 is 0 Å². The van der Waals surface area contributed by atoms with Crippen LogP contribution in [-0.4, -0.2) is 18.2 Å². The van der Waals surface area contributed by atoms with Crippen LogP contribution in [0.4, 0.5) is 13.0 Å². The third-order valence-corrected chi connectivity index (χ3v) is 2.86.